The van der Waals surface area contributed by atoms with Crippen LogP contribution in [0.15, 0.2) is 18.5 Å². The zero-order valence-corrected chi connectivity index (χ0v) is 4.20. The summed E-state index contributed by atoms with van der Waals surface area (Å²) < 4.78 is 1.75. The Morgan fingerprint density at radius 3 is 2.86 bits per heavy atom. The van der Waals surface area contributed by atoms with Gasteiger partial charge in [0.2, 0.25) is 0 Å². The molecule has 0 saturated heterocycles. The highest BCUT2D eigenvalue weighted by Gasteiger charge is 1.65. The summed E-state index contributed by atoms with van der Waals surface area (Å²) in [4.78, 5) is 0. The molecule has 7 heavy (non-hydrogen) atoms. The molecule has 0 amide bonds. The third kappa shape index (κ3) is 0.826. The van der Waals surface area contributed by atoms with Crippen molar-refractivity contribution in [2.45, 2.75) is 6.82 Å². The van der Waals surface area contributed by atoms with E-state index in [4.69, 9.17) is 0 Å². The number of nitrogens with zero attached hydrogens (tertiary/aromatic N) is 2. The van der Waals surface area contributed by atoms with Crippen molar-refractivity contribution >= 4 is 7.41 Å². The summed E-state index contributed by atoms with van der Waals surface area (Å²) in [6.07, 6.45) is 3.64. The number of hydrogen-bond donors (Lipinski definition) is 0. The molecule has 0 saturated carbocycles. The molecule has 1 aromatic rings. The van der Waals surface area contributed by atoms with Gasteiger partial charge >= 0.3 is 0 Å². The third-order valence-corrected chi connectivity index (χ3v) is 0.789. The topological polar surface area (TPSA) is 17.8 Å². The summed E-state index contributed by atoms with van der Waals surface area (Å²) in [5.41, 5.74) is 0. The van der Waals surface area contributed by atoms with Gasteiger partial charge in [0, 0.05) is 6.20 Å². The van der Waals surface area contributed by atoms with E-state index in [0.717, 1.165) is 0 Å². The maximum atomic E-state index is 3.90. The quantitative estimate of drug-likeness (QED) is 0.459. The first-order valence-electron chi connectivity index (χ1n) is 2.22. The lowest BCUT2D eigenvalue weighted by molar-refractivity contribution is 0.977. The molecule has 36 valence electrons. The number of aromatic nitrogens is 2. The van der Waals surface area contributed by atoms with Crippen LogP contribution in [0.4, 0.5) is 0 Å². The van der Waals surface area contributed by atoms with Gasteiger partial charge in [0.05, 0.1) is 0 Å². The molecule has 1 aromatic heterocycles. The number of rotatable bonds is 1. The largest absolute Gasteiger partial charge is 0.517 e. The van der Waals surface area contributed by atoms with Crippen LogP contribution in [0.25, 0.3) is 0 Å². The van der Waals surface area contributed by atoms with E-state index < -0.39 is 0 Å². The lowest BCUT2D eigenvalue weighted by atomic mass is 10.0. The van der Waals surface area contributed by atoms with Gasteiger partial charge in [-0.05, 0) is 12.3 Å². The van der Waals surface area contributed by atoms with E-state index in [1.54, 1.807) is 10.8 Å². The van der Waals surface area contributed by atoms with E-state index in [1.807, 2.05) is 26.5 Å². The molecule has 1 rings (SSSR count). The molecule has 0 aromatic carbocycles. The Balaban J connectivity index is 2.76. The number of hydrogen-bond acceptors (Lipinski definition) is 1. The van der Waals surface area contributed by atoms with Gasteiger partial charge in [-0.1, -0.05) is 0 Å². The second-order valence-electron chi connectivity index (χ2n) is 1.24. The van der Waals surface area contributed by atoms with Gasteiger partial charge in [0.15, 0.2) is 0 Å². The van der Waals surface area contributed by atoms with Crippen LogP contribution in [0.1, 0.15) is 0 Å². The second-order valence-corrected chi connectivity index (χ2v) is 1.24. The Morgan fingerprint density at radius 1 is 1.71 bits per heavy atom. The minimum absolute atomic E-state index is 1.75. The van der Waals surface area contributed by atoms with Crippen LogP contribution >= 0.6 is 0 Å². The standard InChI is InChI=1S/C4H6BN2/c1-5-7-4-2-3-6-7/h2-4H,1H3/q-1. The fourth-order valence-corrected chi connectivity index (χ4v) is 0.433. The molecule has 2 nitrogen and oxygen atoms in total. The van der Waals surface area contributed by atoms with E-state index in [9.17, 15) is 0 Å². The monoisotopic (exact) mass is 93.1 g/mol. The Hall–Kier alpha value is -0.725. The van der Waals surface area contributed by atoms with Crippen molar-refractivity contribution < 1.29 is 0 Å². The summed E-state index contributed by atoms with van der Waals surface area (Å²) in [6.45, 7) is 1.94. The lowest BCUT2D eigenvalue weighted by Gasteiger charge is -2.06. The molecule has 0 N–H and O–H groups in total. The van der Waals surface area contributed by atoms with Crippen LogP contribution in [-0.2, 0) is 0 Å². The SMILES string of the molecule is C[B-]n1cccn1. The molecule has 0 fully saturated rings. The predicted octanol–water partition coefficient (Wildman–Crippen LogP) is 0.398. The first-order chi connectivity index (χ1) is 3.43. The van der Waals surface area contributed by atoms with E-state index in [0.29, 0.717) is 0 Å². The van der Waals surface area contributed by atoms with Gasteiger partial charge in [0.25, 0.3) is 0 Å². The van der Waals surface area contributed by atoms with E-state index >= 15 is 0 Å². The van der Waals surface area contributed by atoms with Crippen LogP contribution in [-0.4, -0.2) is 17.1 Å². The summed E-state index contributed by atoms with van der Waals surface area (Å²) in [5, 5.41) is 3.90. The molecular formula is C4H6BN2-. The Kier molecular flexibility index (Phi) is 1.15. The summed E-state index contributed by atoms with van der Waals surface area (Å²) in [6, 6.07) is 1.89. The van der Waals surface area contributed by atoms with Crippen LogP contribution in [0.5, 0.6) is 0 Å². The van der Waals surface area contributed by atoms with Gasteiger partial charge < -0.3 is 4.59 Å². The van der Waals surface area contributed by atoms with Crippen LogP contribution in [0.3, 0.4) is 0 Å². The molecule has 2 radical (unpaired) electrons. The minimum atomic E-state index is 1.75. The molecule has 3 heteroatoms. The fourth-order valence-electron chi connectivity index (χ4n) is 0.433. The van der Waals surface area contributed by atoms with E-state index in [-0.39, 0.29) is 0 Å². The minimum Gasteiger partial charge on any atom is -0.517 e. The highest BCUT2D eigenvalue weighted by molar-refractivity contribution is 6.30. The summed E-state index contributed by atoms with van der Waals surface area (Å²) >= 11 is 0. The zero-order valence-electron chi connectivity index (χ0n) is 4.20. The molecule has 0 spiro atoms. The summed E-state index contributed by atoms with van der Waals surface area (Å²) in [5.74, 6) is 0. The lowest BCUT2D eigenvalue weighted by Crippen LogP contribution is -1.99. The van der Waals surface area contributed by atoms with Crippen molar-refractivity contribution in [3.8, 4) is 0 Å². The van der Waals surface area contributed by atoms with Crippen LogP contribution in [0.2, 0.25) is 6.82 Å². The predicted molar refractivity (Wildman–Crippen MR) is 29.2 cm³/mol. The van der Waals surface area contributed by atoms with Crippen molar-refractivity contribution in [1.29, 1.82) is 0 Å². The Bertz CT molecular complexity index is 124. The summed E-state index contributed by atoms with van der Waals surface area (Å²) in [7, 11) is 1.89. The van der Waals surface area contributed by atoms with Gasteiger partial charge in [-0.15, -0.1) is 0 Å². The zero-order chi connectivity index (χ0) is 5.11. The van der Waals surface area contributed by atoms with Gasteiger partial charge in [0.1, 0.15) is 0 Å². The second kappa shape index (κ2) is 1.82. The first-order valence-corrected chi connectivity index (χ1v) is 2.22. The molecular weight excluding hydrogens is 86.9 g/mol. The maximum Gasteiger partial charge on any atom is 0.0441 e. The van der Waals surface area contributed by atoms with Crippen molar-refractivity contribution in [2.75, 3.05) is 0 Å². The van der Waals surface area contributed by atoms with Crippen molar-refractivity contribution in [3.05, 3.63) is 18.5 Å². The van der Waals surface area contributed by atoms with Crippen molar-refractivity contribution in [2.24, 2.45) is 0 Å². The molecule has 0 atom stereocenters. The van der Waals surface area contributed by atoms with Gasteiger partial charge in [-0.2, -0.15) is 7.41 Å². The van der Waals surface area contributed by atoms with E-state index in [2.05, 4.69) is 5.10 Å². The maximum absolute atomic E-state index is 3.90. The normalized spacial score (nSPS) is 9.29. The highest BCUT2D eigenvalue weighted by Crippen LogP contribution is 1.76. The first kappa shape index (κ1) is 4.43. The van der Waals surface area contributed by atoms with E-state index in [1.165, 1.54) is 0 Å². The Labute approximate surface area is 43.4 Å². The average molecular weight is 92.9 g/mol. The molecule has 0 aliphatic rings. The third-order valence-electron chi connectivity index (χ3n) is 0.789. The fraction of sp³-hybridized carbons (Fsp3) is 0.250. The molecule has 0 aliphatic carbocycles. The smallest absolute Gasteiger partial charge is 0.0441 e. The van der Waals surface area contributed by atoms with Crippen LogP contribution < -0.4 is 0 Å². The van der Waals surface area contributed by atoms with Crippen LogP contribution in [0, 0.1) is 0 Å². The van der Waals surface area contributed by atoms with Gasteiger partial charge in [-0.3, -0.25) is 0 Å². The molecule has 0 bridgehead atoms. The van der Waals surface area contributed by atoms with Crippen molar-refractivity contribution in [3.63, 3.8) is 0 Å². The molecule has 0 aliphatic heterocycles. The van der Waals surface area contributed by atoms with Crippen molar-refractivity contribution in [1.82, 2.24) is 9.69 Å². The van der Waals surface area contributed by atoms with Gasteiger partial charge in [-0.25, -0.2) is 11.9 Å². The molecule has 1 heterocycles. The molecule has 0 unspecified atom stereocenters. The average Bonchev–Trinajstić information content (AvgIpc) is 2.14. The Morgan fingerprint density at radius 2 is 2.57 bits per heavy atom. The highest BCUT2D eigenvalue weighted by atomic mass is 15.2.